The first-order valence-electron chi connectivity index (χ1n) is 8.01. The third-order valence-corrected chi connectivity index (χ3v) is 4.90. The van der Waals surface area contributed by atoms with E-state index in [0.717, 1.165) is 35.1 Å². The predicted octanol–water partition coefficient (Wildman–Crippen LogP) is 2.92. The molecular formula is C18H21NO5. The number of hydrogen-bond acceptors (Lipinski definition) is 5. The van der Waals surface area contributed by atoms with Crippen LogP contribution in [0.25, 0.3) is 0 Å². The summed E-state index contributed by atoms with van der Waals surface area (Å²) in [4.78, 5) is 22.8. The minimum atomic E-state index is -0.799. The predicted molar refractivity (Wildman–Crippen MR) is 88.2 cm³/mol. The number of carboxylic acids is 1. The van der Waals surface area contributed by atoms with Gasteiger partial charge in [0.15, 0.2) is 0 Å². The van der Waals surface area contributed by atoms with Crippen LogP contribution < -0.4 is 10.5 Å². The van der Waals surface area contributed by atoms with Gasteiger partial charge in [-0.2, -0.15) is 0 Å². The number of esters is 1. The van der Waals surface area contributed by atoms with E-state index in [4.69, 9.17) is 20.3 Å². The summed E-state index contributed by atoms with van der Waals surface area (Å²) in [6.07, 6.45) is 4.41. The van der Waals surface area contributed by atoms with E-state index in [9.17, 15) is 9.59 Å². The molecule has 0 saturated heterocycles. The number of carboxylic acid groups (broad SMARTS) is 1. The number of benzene rings is 1. The van der Waals surface area contributed by atoms with Crippen molar-refractivity contribution in [3.63, 3.8) is 0 Å². The Hall–Kier alpha value is -2.50. The van der Waals surface area contributed by atoms with Crippen LogP contribution in [0.3, 0.4) is 0 Å². The fourth-order valence-electron chi connectivity index (χ4n) is 3.70. The maximum absolute atomic E-state index is 12.0. The van der Waals surface area contributed by atoms with Crippen molar-refractivity contribution in [1.29, 1.82) is 0 Å². The SMILES string of the molecule is COc1c(C)c2c(c(N)c1[C@@H]1C=C(CCC(=O)O)CC1)C(=O)OC2. The quantitative estimate of drug-likeness (QED) is 0.489. The highest BCUT2D eigenvalue weighted by atomic mass is 16.5. The molecule has 6 heteroatoms. The Morgan fingerprint density at radius 2 is 2.25 bits per heavy atom. The van der Waals surface area contributed by atoms with Gasteiger partial charge in [0.1, 0.15) is 12.4 Å². The van der Waals surface area contributed by atoms with Crippen LogP contribution in [0.4, 0.5) is 5.69 Å². The van der Waals surface area contributed by atoms with E-state index in [0.29, 0.717) is 23.4 Å². The zero-order valence-electron chi connectivity index (χ0n) is 13.8. The van der Waals surface area contributed by atoms with Crippen molar-refractivity contribution in [2.45, 2.75) is 45.1 Å². The van der Waals surface area contributed by atoms with Gasteiger partial charge in [-0.25, -0.2) is 4.79 Å². The van der Waals surface area contributed by atoms with Gasteiger partial charge in [0.2, 0.25) is 0 Å². The van der Waals surface area contributed by atoms with Gasteiger partial charge in [-0.3, -0.25) is 4.79 Å². The van der Waals surface area contributed by atoms with Crippen molar-refractivity contribution in [1.82, 2.24) is 0 Å². The molecule has 0 radical (unpaired) electrons. The van der Waals surface area contributed by atoms with Gasteiger partial charge in [0.25, 0.3) is 0 Å². The maximum atomic E-state index is 12.0. The highest BCUT2D eigenvalue weighted by Gasteiger charge is 2.34. The summed E-state index contributed by atoms with van der Waals surface area (Å²) in [5.41, 5.74) is 10.8. The number of fused-ring (bicyclic) bond motifs is 1. The molecule has 0 amide bonds. The molecule has 1 aliphatic heterocycles. The number of hydrogen-bond donors (Lipinski definition) is 2. The second kappa shape index (κ2) is 6.19. The standard InChI is InChI=1S/C18H21NO5/c1-9-12-8-24-18(22)15(12)16(19)14(17(9)23-2)11-5-3-10(7-11)4-6-13(20)21/h7,11H,3-6,8,19H2,1-2H3,(H,20,21)/t11-/m0/s1. The Labute approximate surface area is 140 Å². The molecule has 0 spiro atoms. The summed E-state index contributed by atoms with van der Waals surface area (Å²) in [5.74, 6) is -0.457. The average Bonchev–Trinajstić information content (AvgIpc) is 3.15. The Morgan fingerprint density at radius 1 is 1.50 bits per heavy atom. The lowest BCUT2D eigenvalue weighted by Gasteiger charge is -2.20. The number of anilines is 1. The Balaban J connectivity index is 2.02. The Morgan fingerprint density at radius 3 is 2.92 bits per heavy atom. The minimum absolute atomic E-state index is 0.0288. The van der Waals surface area contributed by atoms with Crippen molar-refractivity contribution < 1.29 is 24.2 Å². The lowest BCUT2D eigenvalue weighted by Crippen LogP contribution is -2.10. The molecular weight excluding hydrogens is 310 g/mol. The van der Waals surface area contributed by atoms with Crippen LogP contribution in [0.2, 0.25) is 0 Å². The summed E-state index contributed by atoms with van der Waals surface area (Å²) >= 11 is 0. The van der Waals surface area contributed by atoms with Crippen molar-refractivity contribution in [2.75, 3.05) is 12.8 Å². The van der Waals surface area contributed by atoms with E-state index < -0.39 is 5.97 Å². The normalized spacial score (nSPS) is 19.0. The second-order valence-corrected chi connectivity index (χ2v) is 6.28. The van der Waals surface area contributed by atoms with Gasteiger partial charge in [-0.15, -0.1) is 0 Å². The number of nitrogens with two attached hydrogens (primary N) is 1. The first-order valence-corrected chi connectivity index (χ1v) is 8.01. The molecule has 128 valence electrons. The molecule has 0 unspecified atom stereocenters. The van der Waals surface area contributed by atoms with Crippen LogP contribution in [0, 0.1) is 6.92 Å². The average molecular weight is 331 g/mol. The van der Waals surface area contributed by atoms with Gasteiger partial charge in [0, 0.05) is 23.5 Å². The van der Waals surface area contributed by atoms with E-state index in [-0.39, 0.29) is 24.9 Å². The molecule has 0 bridgehead atoms. The highest BCUT2D eigenvalue weighted by molar-refractivity contribution is 6.01. The van der Waals surface area contributed by atoms with Crippen LogP contribution in [0.5, 0.6) is 5.75 Å². The molecule has 0 saturated carbocycles. The Kier molecular flexibility index (Phi) is 4.22. The third-order valence-electron chi connectivity index (χ3n) is 4.90. The lowest BCUT2D eigenvalue weighted by atomic mass is 9.88. The first-order chi connectivity index (χ1) is 11.4. The van der Waals surface area contributed by atoms with Gasteiger partial charge in [-0.1, -0.05) is 11.6 Å². The summed E-state index contributed by atoms with van der Waals surface area (Å²) in [5, 5.41) is 8.84. The zero-order chi connectivity index (χ0) is 17.4. The number of allylic oxidation sites excluding steroid dienone is 2. The van der Waals surface area contributed by atoms with Gasteiger partial charge in [0.05, 0.1) is 18.4 Å². The van der Waals surface area contributed by atoms with Crippen molar-refractivity contribution in [3.05, 3.63) is 33.9 Å². The topological polar surface area (TPSA) is 98.9 Å². The van der Waals surface area contributed by atoms with Crippen LogP contribution >= 0.6 is 0 Å². The molecule has 1 heterocycles. The van der Waals surface area contributed by atoms with E-state index in [1.807, 2.05) is 6.92 Å². The van der Waals surface area contributed by atoms with Crippen LogP contribution in [0.1, 0.15) is 58.6 Å². The summed E-state index contributed by atoms with van der Waals surface area (Å²) in [7, 11) is 1.60. The molecule has 2 aliphatic rings. The summed E-state index contributed by atoms with van der Waals surface area (Å²) in [6, 6.07) is 0. The molecule has 1 aromatic carbocycles. The fraction of sp³-hybridized carbons (Fsp3) is 0.444. The van der Waals surface area contributed by atoms with Crippen molar-refractivity contribution in [3.8, 4) is 5.75 Å². The summed E-state index contributed by atoms with van der Waals surface area (Å²) in [6.45, 7) is 2.14. The molecule has 0 fully saturated rings. The number of nitrogen functional groups attached to an aromatic ring is 1. The third kappa shape index (κ3) is 2.62. The molecule has 1 atom stereocenters. The molecule has 1 aromatic rings. The molecule has 0 aromatic heterocycles. The van der Waals surface area contributed by atoms with Crippen LogP contribution in [-0.4, -0.2) is 24.2 Å². The second-order valence-electron chi connectivity index (χ2n) is 6.28. The number of carbonyl (C=O) groups is 2. The van der Waals surface area contributed by atoms with Crippen LogP contribution in [0.15, 0.2) is 11.6 Å². The molecule has 3 rings (SSSR count). The number of aliphatic carboxylic acids is 1. The summed E-state index contributed by atoms with van der Waals surface area (Å²) < 4.78 is 10.7. The maximum Gasteiger partial charge on any atom is 0.341 e. The first kappa shape index (κ1) is 16.4. The van der Waals surface area contributed by atoms with Gasteiger partial charge < -0.3 is 20.3 Å². The van der Waals surface area contributed by atoms with E-state index in [2.05, 4.69) is 6.08 Å². The van der Waals surface area contributed by atoms with E-state index in [1.165, 1.54) is 0 Å². The molecule has 1 aliphatic carbocycles. The van der Waals surface area contributed by atoms with E-state index in [1.54, 1.807) is 7.11 Å². The van der Waals surface area contributed by atoms with Gasteiger partial charge in [-0.05, 0) is 31.7 Å². The fourth-order valence-corrected chi connectivity index (χ4v) is 3.70. The van der Waals surface area contributed by atoms with Crippen LogP contribution in [-0.2, 0) is 16.1 Å². The monoisotopic (exact) mass is 331 g/mol. The van der Waals surface area contributed by atoms with Gasteiger partial charge >= 0.3 is 11.9 Å². The highest BCUT2D eigenvalue weighted by Crippen LogP contribution is 2.47. The van der Waals surface area contributed by atoms with E-state index >= 15 is 0 Å². The van der Waals surface area contributed by atoms with Crippen molar-refractivity contribution >= 4 is 17.6 Å². The number of methoxy groups -OCH3 is 1. The molecule has 24 heavy (non-hydrogen) atoms. The number of cyclic esters (lactones) is 1. The Bertz CT molecular complexity index is 751. The minimum Gasteiger partial charge on any atom is -0.496 e. The number of carbonyl (C=O) groups excluding carboxylic acids is 1. The molecule has 3 N–H and O–H groups in total. The zero-order valence-corrected chi connectivity index (χ0v) is 13.8. The number of rotatable bonds is 5. The lowest BCUT2D eigenvalue weighted by molar-refractivity contribution is -0.136. The molecule has 6 nitrogen and oxygen atoms in total. The largest absolute Gasteiger partial charge is 0.496 e. The number of ether oxygens (including phenoxy) is 2. The smallest absolute Gasteiger partial charge is 0.341 e. The van der Waals surface area contributed by atoms with Crippen molar-refractivity contribution in [2.24, 2.45) is 0 Å².